The Morgan fingerprint density at radius 1 is 1.50 bits per heavy atom. The summed E-state index contributed by atoms with van der Waals surface area (Å²) >= 11 is 6.16. The van der Waals surface area contributed by atoms with E-state index in [2.05, 4.69) is 4.76 Å². The van der Waals surface area contributed by atoms with E-state index in [9.17, 15) is 4.79 Å². The zero-order valence-electron chi connectivity index (χ0n) is 10.2. The molecule has 0 fully saturated rings. The van der Waals surface area contributed by atoms with Crippen LogP contribution in [-0.4, -0.2) is 24.4 Å². The number of ketones is 1. The van der Waals surface area contributed by atoms with E-state index in [0.29, 0.717) is 17.9 Å². The highest BCUT2D eigenvalue weighted by Gasteiger charge is 2.22. The van der Waals surface area contributed by atoms with Gasteiger partial charge in [-0.15, -0.1) is 0 Å². The third kappa shape index (κ3) is 3.09. The fourth-order valence-corrected chi connectivity index (χ4v) is 3.92. The van der Waals surface area contributed by atoms with Gasteiger partial charge >= 0.3 is 0 Å². The van der Waals surface area contributed by atoms with Crippen molar-refractivity contribution < 1.29 is 9.53 Å². The summed E-state index contributed by atoms with van der Waals surface area (Å²) in [7, 11) is -0.790. The van der Waals surface area contributed by atoms with Crippen LogP contribution in [0.3, 0.4) is 0 Å². The molecule has 0 spiro atoms. The normalized spacial score (nSPS) is 26.0. The van der Waals surface area contributed by atoms with Gasteiger partial charge in [-0.25, -0.2) is 4.76 Å². The van der Waals surface area contributed by atoms with E-state index >= 15 is 0 Å². The smallest absolute Gasteiger partial charge is 0.174 e. The molecule has 0 radical (unpaired) electrons. The summed E-state index contributed by atoms with van der Waals surface area (Å²) < 4.78 is 9.80. The molecule has 1 aliphatic heterocycles. The van der Waals surface area contributed by atoms with Crippen molar-refractivity contribution in [3.8, 4) is 0 Å². The number of hydrogen-bond acceptors (Lipinski definition) is 3. The van der Waals surface area contributed by atoms with Crippen molar-refractivity contribution in [3.05, 3.63) is 29.3 Å². The molecule has 3 nitrogen and oxygen atoms in total. The van der Waals surface area contributed by atoms with Crippen molar-refractivity contribution in [2.75, 3.05) is 6.16 Å². The first kappa shape index (κ1) is 13.5. The summed E-state index contributed by atoms with van der Waals surface area (Å²) in [5, 5.41) is 1.72. The van der Waals surface area contributed by atoms with Gasteiger partial charge < -0.3 is 4.74 Å². The number of ether oxygens (including phenoxy) is 1. The van der Waals surface area contributed by atoms with Crippen molar-refractivity contribution in [2.45, 2.75) is 25.9 Å². The van der Waals surface area contributed by atoms with Gasteiger partial charge in [-0.1, -0.05) is 36.7 Å². The van der Waals surface area contributed by atoms with Crippen LogP contribution in [0.15, 0.2) is 29.0 Å². The summed E-state index contributed by atoms with van der Waals surface area (Å²) in [6, 6.07) is 7.65. The Morgan fingerprint density at radius 3 is 3.00 bits per heavy atom. The van der Waals surface area contributed by atoms with Gasteiger partial charge in [0, 0.05) is 11.7 Å². The molecule has 1 aromatic carbocycles. The molecule has 0 amide bonds. The van der Waals surface area contributed by atoms with Crippen LogP contribution in [0.25, 0.3) is 0 Å². The third-order valence-electron chi connectivity index (χ3n) is 2.84. The molecule has 0 bridgehead atoms. The fraction of sp³-hybridized carbons (Fsp3) is 0.385. The Morgan fingerprint density at radius 2 is 2.28 bits per heavy atom. The molecule has 0 N–H and O–H groups in total. The Bertz CT molecular complexity index is 464. The molecule has 5 heteroatoms. The van der Waals surface area contributed by atoms with Crippen LogP contribution in [0, 0.1) is 0 Å². The van der Waals surface area contributed by atoms with Gasteiger partial charge in [-0.05, 0) is 18.6 Å². The maximum absolute atomic E-state index is 11.9. The zero-order chi connectivity index (χ0) is 13.0. The van der Waals surface area contributed by atoms with E-state index in [-0.39, 0.29) is 11.9 Å². The minimum absolute atomic E-state index is 0.156. The van der Waals surface area contributed by atoms with Gasteiger partial charge in [0.05, 0.1) is 13.1 Å². The summed E-state index contributed by atoms with van der Waals surface area (Å²) in [4.78, 5) is 11.9. The summed E-state index contributed by atoms with van der Waals surface area (Å²) in [6.07, 6.45) is 3.04. The minimum Gasteiger partial charge on any atom is -0.472 e. The predicted molar refractivity (Wildman–Crippen MR) is 76.2 cm³/mol. The lowest BCUT2D eigenvalue weighted by molar-refractivity contribution is -0.125. The molecule has 2 atom stereocenters. The molecule has 2 rings (SSSR count). The summed E-state index contributed by atoms with van der Waals surface area (Å²) in [6.45, 7) is 1.94. The number of benzene rings is 1. The van der Waals surface area contributed by atoms with Gasteiger partial charge in [0.1, 0.15) is 0 Å². The lowest BCUT2D eigenvalue weighted by Gasteiger charge is -2.20. The van der Waals surface area contributed by atoms with Gasteiger partial charge in [0.25, 0.3) is 0 Å². The number of halogens is 1. The van der Waals surface area contributed by atoms with Gasteiger partial charge in [0.15, 0.2) is 18.3 Å². The maximum atomic E-state index is 11.9. The second-order valence-electron chi connectivity index (χ2n) is 4.04. The fourth-order valence-electron chi connectivity index (χ4n) is 1.84. The predicted octanol–water partition coefficient (Wildman–Crippen LogP) is 3.16. The average Bonchev–Trinajstić information content (AvgIpc) is 2.36. The van der Waals surface area contributed by atoms with Crippen LogP contribution in [-0.2, 0) is 9.53 Å². The first-order valence-electron chi connectivity index (χ1n) is 5.95. The molecular weight excluding hydrogens is 269 g/mol. The zero-order valence-corrected chi connectivity index (χ0v) is 11.8. The SMILES string of the molecule is CCC1O/C=N\P(c2ccccc2Cl)CCC1=O. The van der Waals surface area contributed by atoms with Crippen LogP contribution in [0.5, 0.6) is 0 Å². The molecule has 96 valence electrons. The molecule has 0 saturated carbocycles. The first-order valence-corrected chi connectivity index (χ1v) is 7.81. The van der Waals surface area contributed by atoms with Crippen molar-refractivity contribution in [1.29, 1.82) is 0 Å². The van der Waals surface area contributed by atoms with Crippen molar-refractivity contribution >= 4 is 37.2 Å². The highest BCUT2D eigenvalue weighted by atomic mass is 35.5. The number of Topliss-reactive ketones (excluding diaryl/α,β-unsaturated/α-hetero) is 1. The first-order chi connectivity index (χ1) is 8.72. The minimum atomic E-state index is -0.790. The molecule has 1 aromatic rings. The number of nitrogens with zero attached hydrogens (tertiary/aromatic N) is 1. The van der Waals surface area contributed by atoms with Crippen molar-refractivity contribution in [2.24, 2.45) is 4.76 Å². The van der Waals surface area contributed by atoms with E-state index in [1.165, 1.54) is 6.40 Å². The standard InChI is InChI=1S/C13H15ClNO2P/c1-2-12-11(16)7-8-18(15-9-17-12)13-6-4-3-5-10(13)14/h3-6,9,12H,2,7-8H2,1H3/b15-9-. The van der Waals surface area contributed by atoms with E-state index in [4.69, 9.17) is 16.3 Å². The van der Waals surface area contributed by atoms with Gasteiger partial charge in [-0.2, -0.15) is 0 Å². The van der Waals surface area contributed by atoms with E-state index in [1.807, 2.05) is 31.2 Å². The lowest BCUT2D eigenvalue weighted by Crippen LogP contribution is -2.25. The molecule has 1 aliphatic rings. The molecule has 1 heterocycles. The monoisotopic (exact) mass is 283 g/mol. The third-order valence-corrected chi connectivity index (χ3v) is 5.27. The van der Waals surface area contributed by atoms with Crippen LogP contribution < -0.4 is 5.30 Å². The Balaban J connectivity index is 2.19. The largest absolute Gasteiger partial charge is 0.472 e. The molecule has 0 saturated heterocycles. The van der Waals surface area contributed by atoms with Crippen molar-refractivity contribution in [1.82, 2.24) is 0 Å². The number of hydrogen-bond donors (Lipinski definition) is 0. The second-order valence-corrected chi connectivity index (χ2v) is 6.41. The van der Waals surface area contributed by atoms with E-state index < -0.39 is 8.07 Å². The van der Waals surface area contributed by atoms with Crippen LogP contribution >= 0.6 is 19.7 Å². The second kappa shape index (κ2) is 6.31. The topological polar surface area (TPSA) is 38.7 Å². The maximum Gasteiger partial charge on any atom is 0.174 e. The molecular formula is C13H15ClNO2P. The van der Waals surface area contributed by atoms with Crippen LogP contribution in [0.1, 0.15) is 19.8 Å². The van der Waals surface area contributed by atoms with Crippen molar-refractivity contribution in [3.63, 3.8) is 0 Å². The Kier molecular flexibility index (Phi) is 4.73. The summed E-state index contributed by atoms with van der Waals surface area (Å²) in [5.41, 5.74) is 0. The van der Waals surface area contributed by atoms with Crippen LogP contribution in [0.2, 0.25) is 5.02 Å². The van der Waals surface area contributed by atoms with Gasteiger partial charge in [0.2, 0.25) is 0 Å². The molecule has 2 unspecified atom stereocenters. The lowest BCUT2D eigenvalue weighted by atomic mass is 10.1. The number of carbonyl (C=O) groups excluding carboxylic acids is 1. The average molecular weight is 284 g/mol. The quantitative estimate of drug-likeness (QED) is 0.782. The number of rotatable bonds is 2. The molecule has 18 heavy (non-hydrogen) atoms. The highest BCUT2D eigenvalue weighted by molar-refractivity contribution is 7.64. The molecule has 0 aliphatic carbocycles. The van der Waals surface area contributed by atoms with Crippen LogP contribution in [0.4, 0.5) is 0 Å². The highest BCUT2D eigenvalue weighted by Crippen LogP contribution is 2.39. The Hall–Kier alpha value is -0.920. The van der Waals surface area contributed by atoms with Gasteiger partial charge in [-0.3, -0.25) is 4.79 Å². The molecule has 0 aromatic heterocycles. The Labute approximate surface area is 113 Å². The van der Waals surface area contributed by atoms with E-state index in [0.717, 1.165) is 11.5 Å². The van der Waals surface area contributed by atoms with E-state index in [1.54, 1.807) is 0 Å². The number of carbonyl (C=O) groups is 1. The summed E-state index contributed by atoms with van der Waals surface area (Å²) in [5.74, 6) is 0.156.